The van der Waals surface area contributed by atoms with Crippen LogP contribution in [0.15, 0.2) is 42.7 Å². The Morgan fingerprint density at radius 1 is 1.42 bits per heavy atom. The standard InChI is InChI=1S/C19H26N4O/c1-15(16-7-4-9-20-13-16)12-19(24)21-14-17-6-2-3-8-18(17)23-11-5-10-22-23/h2-3,5-6,8,10-11,15-16,20H,4,7,9,12-14H2,1H3,(H,21,24). The van der Waals surface area contributed by atoms with Gasteiger partial charge in [-0.25, -0.2) is 4.68 Å². The van der Waals surface area contributed by atoms with Crippen molar-refractivity contribution < 1.29 is 4.79 Å². The molecular weight excluding hydrogens is 300 g/mol. The van der Waals surface area contributed by atoms with E-state index in [0.717, 1.165) is 24.3 Å². The molecule has 128 valence electrons. The number of rotatable bonds is 6. The first-order chi connectivity index (χ1) is 11.7. The van der Waals surface area contributed by atoms with Crippen LogP contribution in [0.4, 0.5) is 0 Å². The Hall–Kier alpha value is -2.14. The molecule has 2 atom stereocenters. The van der Waals surface area contributed by atoms with Crippen molar-refractivity contribution in [2.75, 3.05) is 13.1 Å². The second-order valence-electron chi connectivity index (χ2n) is 6.64. The summed E-state index contributed by atoms with van der Waals surface area (Å²) in [7, 11) is 0. The number of nitrogens with one attached hydrogen (secondary N) is 2. The maximum absolute atomic E-state index is 12.3. The van der Waals surface area contributed by atoms with Gasteiger partial charge in [0.05, 0.1) is 5.69 Å². The SMILES string of the molecule is CC(CC(=O)NCc1ccccc1-n1cccn1)C1CCCNC1. The van der Waals surface area contributed by atoms with Gasteiger partial charge in [-0.3, -0.25) is 4.79 Å². The van der Waals surface area contributed by atoms with E-state index in [1.54, 1.807) is 6.20 Å². The number of nitrogens with zero attached hydrogens (tertiary/aromatic N) is 2. The lowest BCUT2D eigenvalue weighted by atomic mass is 9.85. The minimum atomic E-state index is 0.128. The third-order valence-corrected chi connectivity index (χ3v) is 4.87. The smallest absolute Gasteiger partial charge is 0.220 e. The van der Waals surface area contributed by atoms with Crippen LogP contribution < -0.4 is 10.6 Å². The lowest BCUT2D eigenvalue weighted by Crippen LogP contribution is -2.35. The molecule has 1 fully saturated rings. The number of amides is 1. The van der Waals surface area contributed by atoms with E-state index in [-0.39, 0.29) is 5.91 Å². The summed E-state index contributed by atoms with van der Waals surface area (Å²) in [6.07, 6.45) is 6.71. The van der Waals surface area contributed by atoms with E-state index in [4.69, 9.17) is 0 Å². The Morgan fingerprint density at radius 2 is 2.29 bits per heavy atom. The average molecular weight is 326 g/mol. The second kappa shape index (κ2) is 8.11. The lowest BCUT2D eigenvalue weighted by Gasteiger charge is -2.28. The Bertz CT molecular complexity index is 647. The fourth-order valence-electron chi connectivity index (χ4n) is 3.38. The minimum absolute atomic E-state index is 0.128. The molecular formula is C19H26N4O. The van der Waals surface area contributed by atoms with Gasteiger partial charge in [-0.2, -0.15) is 5.10 Å². The number of piperidine rings is 1. The van der Waals surface area contributed by atoms with Gasteiger partial charge in [0, 0.05) is 25.4 Å². The molecule has 0 bridgehead atoms. The van der Waals surface area contributed by atoms with Gasteiger partial charge in [0.15, 0.2) is 0 Å². The lowest BCUT2D eigenvalue weighted by molar-refractivity contribution is -0.122. The highest BCUT2D eigenvalue weighted by Gasteiger charge is 2.22. The van der Waals surface area contributed by atoms with Gasteiger partial charge in [-0.05, 0) is 55.5 Å². The Kier molecular flexibility index (Phi) is 5.64. The fraction of sp³-hybridized carbons (Fsp3) is 0.474. The molecule has 1 aliphatic heterocycles. The van der Waals surface area contributed by atoms with Crippen LogP contribution in [0.5, 0.6) is 0 Å². The van der Waals surface area contributed by atoms with Crippen molar-refractivity contribution >= 4 is 5.91 Å². The van der Waals surface area contributed by atoms with Gasteiger partial charge in [-0.15, -0.1) is 0 Å². The van der Waals surface area contributed by atoms with Crippen molar-refractivity contribution in [1.82, 2.24) is 20.4 Å². The molecule has 2 heterocycles. The number of hydrogen-bond donors (Lipinski definition) is 2. The third-order valence-electron chi connectivity index (χ3n) is 4.87. The van der Waals surface area contributed by atoms with Crippen molar-refractivity contribution in [2.45, 2.75) is 32.7 Å². The van der Waals surface area contributed by atoms with E-state index < -0.39 is 0 Å². The van der Waals surface area contributed by atoms with Crippen LogP contribution in [-0.2, 0) is 11.3 Å². The van der Waals surface area contributed by atoms with Gasteiger partial charge in [0.1, 0.15) is 0 Å². The van der Waals surface area contributed by atoms with Crippen molar-refractivity contribution in [3.05, 3.63) is 48.3 Å². The van der Waals surface area contributed by atoms with Crippen molar-refractivity contribution in [1.29, 1.82) is 0 Å². The van der Waals surface area contributed by atoms with E-state index in [1.165, 1.54) is 12.8 Å². The van der Waals surface area contributed by atoms with E-state index in [2.05, 4.69) is 22.7 Å². The highest BCUT2D eigenvalue weighted by molar-refractivity contribution is 5.76. The number of carbonyl (C=O) groups excluding carboxylic acids is 1. The van der Waals surface area contributed by atoms with Crippen molar-refractivity contribution in [2.24, 2.45) is 11.8 Å². The monoisotopic (exact) mass is 326 g/mol. The van der Waals surface area contributed by atoms with Crippen LogP contribution in [0.25, 0.3) is 5.69 Å². The molecule has 1 aromatic heterocycles. The van der Waals surface area contributed by atoms with Gasteiger partial charge in [0.2, 0.25) is 5.91 Å². The summed E-state index contributed by atoms with van der Waals surface area (Å²) in [6, 6.07) is 9.93. The first-order valence-electron chi connectivity index (χ1n) is 8.79. The Balaban J connectivity index is 1.55. The molecule has 1 aliphatic rings. The highest BCUT2D eigenvalue weighted by Crippen LogP contribution is 2.22. The van der Waals surface area contributed by atoms with E-state index in [0.29, 0.717) is 24.8 Å². The Morgan fingerprint density at radius 3 is 3.04 bits per heavy atom. The quantitative estimate of drug-likeness (QED) is 0.857. The molecule has 24 heavy (non-hydrogen) atoms. The third kappa shape index (κ3) is 4.23. The molecule has 2 N–H and O–H groups in total. The summed E-state index contributed by atoms with van der Waals surface area (Å²) in [5.74, 6) is 1.16. The topological polar surface area (TPSA) is 59.0 Å². The van der Waals surface area contributed by atoms with Crippen LogP contribution in [0.1, 0.15) is 31.7 Å². The van der Waals surface area contributed by atoms with Crippen LogP contribution in [0.3, 0.4) is 0 Å². The zero-order chi connectivity index (χ0) is 16.8. The summed E-state index contributed by atoms with van der Waals surface area (Å²) in [6.45, 7) is 4.87. The van der Waals surface area contributed by atoms with Crippen LogP contribution >= 0.6 is 0 Å². The van der Waals surface area contributed by atoms with Crippen LogP contribution in [0.2, 0.25) is 0 Å². The molecule has 0 aliphatic carbocycles. The zero-order valence-corrected chi connectivity index (χ0v) is 14.2. The number of benzene rings is 1. The van der Waals surface area contributed by atoms with Crippen molar-refractivity contribution in [3.63, 3.8) is 0 Å². The predicted octanol–water partition coefficient (Wildman–Crippen LogP) is 2.51. The molecule has 3 rings (SSSR count). The average Bonchev–Trinajstić information content (AvgIpc) is 3.15. The zero-order valence-electron chi connectivity index (χ0n) is 14.2. The van der Waals surface area contributed by atoms with Gasteiger partial charge in [-0.1, -0.05) is 25.1 Å². The number of aromatic nitrogens is 2. The van der Waals surface area contributed by atoms with E-state index >= 15 is 0 Å². The molecule has 0 spiro atoms. The van der Waals surface area contributed by atoms with Crippen molar-refractivity contribution in [3.8, 4) is 5.69 Å². The summed E-state index contributed by atoms with van der Waals surface area (Å²) in [4.78, 5) is 12.3. The molecule has 1 amide bonds. The van der Waals surface area contributed by atoms with Gasteiger partial charge in [0.25, 0.3) is 0 Å². The first kappa shape index (κ1) is 16.7. The molecule has 2 aromatic rings. The summed E-state index contributed by atoms with van der Waals surface area (Å²) in [5, 5.41) is 10.8. The number of para-hydroxylation sites is 1. The molecule has 1 aromatic carbocycles. The normalized spacial score (nSPS) is 19.0. The molecule has 5 heteroatoms. The second-order valence-corrected chi connectivity index (χ2v) is 6.64. The number of hydrogen-bond acceptors (Lipinski definition) is 3. The minimum Gasteiger partial charge on any atom is -0.352 e. The van der Waals surface area contributed by atoms with Crippen LogP contribution in [-0.4, -0.2) is 28.8 Å². The van der Waals surface area contributed by atoms with Gasteiger partial charge >= 0.3 is 0 Å². The maximum atomic E-state index is 12.3. The molecule has 0 saturated carbocycles. The fourth-order valence-corrected chi connectivity index (χ4v) is 3.38. The first-order valence-corrected chi connectivity index (χ1v) is 8.79. The molecule has 0 radical (unpaired) electrons. The van der Waals surface area contributed by atoms with E-state index in [1.807, 2.05) is 41.2 Å². The van der Waals surface area contributed by atoms with Gasteiger partial charge < -0.3 is 10.6 Å². The maximum Gasteiger partial charge on any atom is 0.220 e. The summed E-state index contributed by atoms with van der Waals surface area (Å²) < 4.78 is 1.83. The number of carbonyl (C=O) groups is 1. The van der Waals surface area contributed by atoms with E-state index in [9.17, 15) is 4.79 Å². The summed E-state index contributed by atoms with van der Waals surface area (Å²) in [5.41, 5.74) is 2.08. The molecule has 5 nitrogen and oxygen atoms in total. The predicted molar refractivity (Wildman–Crippen MR) is 94.8 cm³/mol. The Labute approximate surface area is 143 Å². The molecule has 2 unspecified atom stereocenters. The van der Waals surface area contributed by atoms with Crippen LogP contribution in [0, 0.1) is 11.8 Å². The highest BCUT2D eigenvalue weighted by atomic mass is 16.1. The largest absolute Gasteiger partial charge is 0.352 e. The molecule has 1 saturated heterocycles. The summed E-state index contributed by atoms with van der Waals surface area (Å²) >= 11 is 0.